The van der Waals surface area contributed by atoms with E-state index >= 15 is 0 Å². The molecule has 0 spiro atoms. The summed E-state index contributed by atoms with van der Waals surface area (Å²) in [5, 5.41) is 12.1. The lowest BCUT2D eigenvalue weighted by Gasteiger charge is -2.15. The summed E-state index contributed by atoms with van der Waals surface area (Å²) in [5.74, 6) is -1.06. The van der Waals surface area contributed by atoms with Crippen LogP contribution in [0.3, 0.4) is 0 Å². The second-order valence-electron chi connectivity index (χ2n) is 4.10. The Morgan fingerprint density at radius 1 is 1.53 bits per heavy atom. The van der Waals surface area contributed by atoms with Crippen molar-refractivity contribution in [2.24, 2.45) is 5.92 Å². The van der Waals surface area contributed by atoms with Gasteiger partial charge >= 0.3 is 5.97 Å². The molecule has 1 aromatic rings. The number of thiophene rings is 1. The molecule has 2 N–H and O–H groups in total. The van der Waals surface area contributed by atoms with Crippen LogP contribution < -0.4 is 4.72 Å². The minimum atomic E-state index is -3.73. The van der Waals surface area contributed by atoms with Gasteiger partial charge in [-0.3, -0.25) is 4.79 Å². The lowest BCUT2D eigenvalue weighted by atomic mass is 10.1. The molecule has 0 unspecified atom stereocenters. The van der Waals surface area contributed by atoms with Crippen molar-refractivity contribution in [2.75, 3.05) is 0 Å². The van der Waals surface area contributed by atoms with Crippen LogP contribution in [0.15, 0.2) is 21.7 Å². The van der Waals surface area contributed by atoms with Gasteiger partial charge in [-0.15, -0.1) is 0 Å². The van der Waals surface area contributed by atoms with Gasteiger partial charge in [0, 0.05) is 5.38 Å². The Bertz CT molecular complexity index is 465. The molecule has 1 atom stereocenters. The van der Waals surface area contributed by atoms with Crippen LogP contribution in [0.4, 0.5) is 0 Å². The maximum Gasteiger partial charge on any atom is 0.321 e. The smallest absolute Gasteiger partial charge is 0.321 e. The molecule has 0 aliphatic rings. The lowest BCUT2D eigenvalue weighted by molar-refractivity contribution is -0.139. The fourth-order valence-corrected chi connectivity index (χ4v) is 3.56. The fourth-order valence-electron chi connectivity index (χ4n) is 1.33. The van der Waals surface area contributed by atoms with Crippen LogP contribution in [0.2, 0.25) is 0 Å². The second kappa shape index (κ2) is 5.61. The summed E-state index contributed by atoms with van der Waals surface area (Å²) < 4.78 is 25.8. The number of sulfonamides is 1. The molecule has 7 heteroatoms. The highest BCUT2D eigenvalue weighted by molar-refractivity contribution is 7.89. The molecule has 0 aliphatic heterocycles. The molecule has 1 rings (SSSR count). The Balaban J connectivity index is 2.84. The van der Waals surface area contributed by atoms with E-state index in [1.807, 2.05) is 13.8 Å². The van der Waals surface area contributed by atoms with Gasteiger partial charge in [-0.25, -0.2) is 8.42 Å². The van der Waals surface area contributed by atoms with Crippen molar-refractivity contribution in [2.45, 2.75) is 31.2 Å². The van der Waals surface area contributed by atoms with E-state index in [2.05, 4.69) is 4.72 Å². The molecule has 0 saturated carbocycles. The van der Waals surface area contributed by atoms with Gasteiger partial charge in [-0.2, -0.15) is 16.1 Å². The first kappa shape index (κ1) is 14.1. The number of hydrogen-bond acceptors (Lipinski definition) is 4. The van der Waals surface area contributed by atoms with Gasteiger partial charge in [0.25, 0.3) is 0 Å². The first-order valence-electron chi connectivity index (χ1n) is 5.10. The Hall–Kier alpha value is -0.920. The van der Waals surface area contributed by atoms with E-state index in [1.54, 1.807) is 5.38 Å². The summed E-state index contributed by atoms with van der Waals surface area (Å²) in [6.07, 6.45) is 0.263. The molecule has 0 saturated heterocycles. The summed E-state index contributed by atoms with van der Waals surface area (Å²) in [7, 11) is -3.73. The standard InChI is InChI=1S/C10H15NO4S2/c1-7(2)5-9(10(12)13)11-17(14,15)8-3-4-16-6-8/h3-4,6-7,9,11H,5H2,1-2H3,(H,12,13)/t9-/m0/s1. The van der Waals surface area contributed by atoms with Crippen molar-refractivity contribution in [3.8, 4) is 0 Å². The van der Waals surface area contributed by atoms with Crippen LogP contribution in [0.25, 0.3) is 0 Å². The zero-order chi connectivity index (χ0) is 13.1. The number of hydrogen-bond donors (Lipinski definition) is 2. The molecular formula is C10H15NO4S2. The minimum Gasteiger partial charge on any atom is -0.480 e. The van der Waals surface area contributed by atoms with Crippen molar-refractivity contribution >= 4 is 27.3 Å². The van der Waals surface area contributed by atoms with E-state index in [9.17, 15) is 13.2 Å². The average Bonchev–Trinajstić information content (AvgIpc) is 2.68. The Labute approximate surface area is 105 Å². The van der Waals surface area contributed by atoms with Crippen molar-refractivity contribution < 1.29 is 18.3 Å². The molecular weight excluding hydrogens is 262 g/mol. The van der Waals surface area contributed by atoms with Crippen LogP contribution in [0, 0.1) is 5.92 Å². The lowest BCUT2D eigenvalue weighted by Crippen LogP contribution is -2.41. The van der Waals surface area contributed by atoms with E-state index in [0.717, 1.165) is 0 Å². The number of carbonyl (C=O) groups is 1. The molecule has 17 heavy (non-hydrogen) atoms. The van der Waals surface area contributed by atoms with Crippen LogP contribution in [0.5, 0.6) is 0 Å². The molecule has 1 heterocycles. The molecule has 96 valence electrons. The quantitative estimate of drug-likeness (QED) is 0.826. The maximum absolute atomic E-state index is 11.8. The molecule has 0 aliphatic carbocycles. The summed E-state index contributed by atoms with van der Waals surface area (Å²) >= 11 is 1.25. The van der Waals surface area contributed by atoms with Crippen molar-refractivity contribution in [3.05, 3.63) is 16.8 Å². The van der Waals surface area contributed by atoms with E-state index < -0.39 is 22.0 Å². The Morgan fingerprint density at radius 2 is 2.18 bits per heavy atom. The Morgan fingerprint density at radius 3 is 2.59 bits per heavy atom. The van der Waals surface area contributed by atoms with Gasteiger partial charge in [-0.1, -0.05) is 13.8 Å². The van der Waals surface area contributed by atoms with E-state index in [1.165, 1.54) is 22.8 Å². The zero-order valence-corrected chi connectivity index (χ0v) is 11.2. The molecule has 0 aromatic carbocycles. The Kier molecular flexibility index (Phi) is 4.67. The molecule has 1 aromatic heterocycles. The first-order valence-corrected chi connectivity index (χ1v) is 7.53. The average molecular weight is 277 g/mol. The molecule has 0 fully saturated rings. The third kappa shape index (κ3) is 4.10. The fraction of sp³-hybridized carbons (Fsp3) is 0.500. The molecule has 5 nitrogen and oxygen atoms in total. The molecule has 0 bridgehead atoms. The van der Waals surface area contributed by atoms with Crippen molar-refractivity contribution in [1.29, 1.82) is 0 Å². The van der Waals surface area contributed by atoms with Gasteiger partial charge < -0.3 is 5.11 Å². The molecule has 0 amide bonds. The predicted molar refractivity (Wildman–Crippen MR) is 65.5 cm³/mol. The summed E-state index contributed by atoms with van der Waals surface area (Å²) in [6.45, 7) is 3.68. The summed E-state index contributed by atoms with van der Waals surface area (Å²) in [4.78, 5) is 11.1. The van der Waals surface area contributed by atoms with Gasteiger partial charge in [-0.05, 0) is 23.8 Å². The first-order chi connectivity index (χ1) is 7.83. The van der Waals surface area contributed by atoms with Crippen molar-refractivity contribution in [1.82, 2.24) is 4.72 Å². The minimum absolute atomic E-state index is 0.0984. The van der Waals surface area contributed by atoms with Gasteiger partial charge in [0.1, 0.15) is 6.04 Å². The number of carboxylic acid groups (broad SMARTS) is 1. The topological polar surface area (TPSA) is 83.5 Å². The predicted octanol–water partition coefficient (Wildman–Crippen LogP) is 1.53. The van der Waals surface area contributed by atoms with Gasteiger partial charge in [0.05, 0.1) is 4.90 Å². The summed E-state index contributed by atoms with van der Waals surface area (Å²) in [6, 6.07) is 0.362. The van der Waals surface area contributed by atoms with E-state index in [-0.39, 0.29) is 17.2 Å². The highest BCUT2D eigenvalue weighted by Gasteiger charge is 2.26. The van der Waals surface area contributed by atoms with Crippen LogP contribution in [-0.4, -0.2) is 25.5 Å². The van der Waals surface area contributed by atoms with E-state index in [0.29, 0.717) is 0 Å². The van der Waals surface area contributed by atoms with Crippen molar-refractivity contribution in [3.63, 3.8) is 0 Å². The second-order valence-corrected chi connectivity index (χ2v) is 6.59. The highest BCUT2D eigenvalue weighted by atomic mass is 32.2. The zero-order valence-electron chi connectivity index (χ0n) is 9.58. The molecule has 0 radical (unpaired) electrons. The number of carboxylic acids is 1. The monoisotopic (exact) mass is 277 g/mol. The number of rotatable bonds is 6. The van der Waals surface area contributed by atoms with E-state index in [4.69, 9.17) is 5.11 Å². The van der Waals surface area contributed by atoms with Crippen LogP contribution in [0.1, 0.15) is 20.3 Å². The SMILES string of the molecule is CC(C)C[C@H](NS(=O)(=O)c1ccsc1)C(=O)O. The van der Waals surface area contributed by atoms with Gasteiger partial charge in [0.2, 0.25) is 10.0 Å². The van der Waals surface area contributed by atoms with Crippen LogP contribution in [-0.2, 0) is 14.8 Å². The third-order valence-corrected chi connectivity index (χ3v) is 4.41. The largest absolute Gasteiger partial charge is 0.480 e. The number of nitrogens with one attached hydrogen (secondary N) is 1. The van der Waals surface area contributed by atoms with Crippen LogP contribution >= 0.6 is 11.3 Å². The van der Waals surface area contributed by atoms with Gasteiger partial charge in [0.15, 0.2) is 0 Å². The normalized spacial score (nSPS) is 13.8. The maximum atomic E-state index is 11.8. The summed E-state index contributed by atoms with van der Waals surface area (Å²) in [5.41, 5.74) is 0. The third-order valence-electron chi connectivity index (χ3n) is 2.11. The highest BCUT2D eigenvalue weighted by Crippen LogP contribution is 2.15. The number of aliphatic carboxylic acids is 1.